The highest BCUT2D eigenvalue weighted by molar-refractivity contribution is 5.76. The lowest BCUT2D eigenvalue weighted by atomic mass is 9.96. The van der Waals surface area contributed by atoms with Gasteiger partial charge in [-0.3, -0.25) is 4.79 Å². The molecule has 2 aromatic heterocycles. The van der Waals surface area contributed by atoms with Crippen molar-refractivity contribution in [1.29, 1.82) is 0 Å². The van der Waals surface area contributed by atoms with Crippen LogP contribution in [-0.4, -0.2) is 34.1 Å². The first kappa shape index (κ1) is 14.8. The van der Waals surface area contributed by atoms with Crippen molar-refractivity contribution in [3.05, 3.63) is 24.3 Å². The molecule has 0 bridgehead atoms. The minimum absolute atomic E-state index is 0.228. The lowest BCUT2D eigenvalue weighted by Crippen LogP contribution is -2.37. The van der Waals surface area contributed by atoms with Crippen LogP contribution in [0.1, 0.15) is 50.8 Å². The van der Waals surface area contributed by atoms with Gasteiger partial charge >= 0.3 is 0 Å². The van der Waals surface area contributed by atoms with Crippen LogP contribution < -0.4 is 0 Å². The van der Waals surface area contributed by atoms with Crippen molar-refractivity contribution >= 4 is 5.91 Å². The summed E-state index contributed by atoms with van der Waals surface area (Å²) in [7, 11) is 0. The molecular formula is C16H21N3O3. The smallest absolute Gasteiger partial charge is 0.283 e. The number of nitrogens with zero attached hydrogens (tertiary/aromatic N) is 3. The van der Waals surface area contributed by atoms with E-state index in [2.05, 4.69) is 17.1 Å². The molecule has 3 rings (SSSR count). The summed E-state index contributed by atoms with van der Waals surface area (Å²) in [6.07, 6.45) is 6.01. The van der Waals surface area contributed by atoms with E-state index in [1.807, 2.05) is 4.90 Å². The third-order valence-electron chi connectivity index (χ3n) is 4.11. The molecule has 6 nitrogen and oxygen atoms in total. The highest BCUT2D eigenvalue weighted by atomic mass is 16.4. The first-order chi connectivity index (χ1) is 10.8. The number of amides is 1. The van der Waals surface area contributed by atoms with Crippen molar-refractivity contribution in [2.75, 3.05) is 13.1 Å². The molecule has 0 aliphatic carbocycles. The summed E-state index contributed by atoms with van der Waals surface area (Å²) in [6, 6.07) is 3.59. The predicted molar refractivity (Wildman–Crippen MR) is 80.1 cm³/mol. The van der Waals surface area contributed by atoms with E-state index in [1.54, 1.807) is 18.4 Å². The van der Waals surface area contributed by atoms with Gasteiger partial charge in [-0.2, -0.15) is 0 Å². The predicted octanol–water partition coefficient (Wildman–Crippen LogP) is 3.23. The van der Waals surface area contributed by atoms with Crippen molar-refractivity contribution < 1.29 is 13.6 Å². The zero-order valence-electron chi connectivity index (χ0n) is 12.8. The Balaban J connectivity index is 1.56. The van der Waals surface area contributed by atoms with E-state index in [1.165, 1.54) is 0 Å². The number of carbonyl (C=O) groups excluding carboxylic acids is 1. The van der Waals surface area contributed by atoms with Crippen LogP contribution in [0.3, 0.4) is 0 Å². The van der Waals surface area contributed by atoms with Crippen LogP contribution in [0.5, 0.6) is 0 Å². The molecule has 0 N–H and O–H groups in total. The Morgan fingerprint density at radius 1 is 1.36 bits per heavy atom. The van der Waals surface area contributed by atoms with Crippen molar-refractivity contribution in [2.24, 2.45) is 0 Å². The van der Waals surface area contributed by atoms with Gasteiger partial charge in [-0.25, -0.2) is 0 Å². The van der Waals surface area contributed by atoms with Gasteiger partial charge in [0.05, 0.1) is 6.26 Å². The second-order valence-electron chi connectivity index (χ2n) is 5.68. The second kappa shape index (κ2) is 6.77. The molecule has 3 heterocycles. The molecule has 0 aromatic carbocycles. The Morgan fingerprint density at radius 3 is 2.86 bits per heavy atom. The lowest BCUT2D eigenvalue weighted by molar-refractivity contribution is -0.132. The fraction of sp³-hybridized carbons (Fsp3) is 0.562. The molecule has 1 aliphatic heterocycles. The minimum Gasteiger partial charge on any atom is -0.459 e. The van der Waals surface area contributed by atoms with E-state index in [4.69, 9.17) is 8.83 Å². The summed E-state index contributed by atoms with van der Waals surface area (Å²) < 4.78 is 11.0. The van der Waals surface area contributed by atoms with E-state index in [9.17, 15) is 4.79 Å². The summed E-state index contributed by atoms with van der Waals surface area (Å²) in [4.78, 5) is 14.0. The monoisotopic (exact) mass is 303 g/mol. The van der Waals surface area contributed by atoms with E-state index >= 15 is 0 Å². The Hall–Kier alpha value is -2.11. The minimum atomic E-state index is 0.228. The topological polar surface area (TPSA) is 72.4 Å². The van der Waals surface area contributed by atoms with Crippen LogP contribution in [0.15, 0.2) is 27.2 Å². The van der Waals surface area contributed by atoms with Crippen LogP contribution in [0.2, 0.25) is 0 Å². The summed E-state index contributed by atoms with van der Waals surface area (Å²) in [5.41, 5.74) is 0. The number of aromatic nitrogens is 2. The molecule has 0 unspecified atom stereocenters. The third-order valence-corrected chi connectivity index (χ3v) is 4.11. The van der Waals surface area contributed by atoms with Gasteiger partial charge in [0.25, 0.3) is 5.89 Å². The van der Waals surface area contributed by atoms with Gasteiger partial charge in [0, 0.05) is 25.4 Å². The number of rotatable bonds is 5. The Bertz CT molecular complexity index is 598. The third kappa shape index (κ3) is 3.21. The Morgan fingerprint density at radius 2 is 2.18 bits per heavy atom. The van der Waals surface area contributed by atoms with Crippen LogP contribution in [-0.2, 0) is 4.79 Å². The average molecular weight is 303 g/mol. The lowest BCUT2D eigenvalue weighted by Gasteiger charge is -2.30. The molecule has 1 aliphatic rings. The average Bonchev–Trinajstić information content (AvgIpc) is 3.23. The quantitative estimate of drug-likeness (QED) is 0.848. The maximum atomic E-state index is 12.0. The van der Waals surface area contributed by atoms with Gasteiger partial charge in [0.1, 0.15) is 0 Å². The summed E-state index contributed by atoms with van der Waals surface area (Å²) in [5, 5.41) is 8.17. The zero-order chi connectivity index (χ0) is 15.4. The second-order valence-corrected chi connectivity index (χ2v) is 5.68. The highest BCUT2D eigenvalue weighted by Crippen LogP contribution is 2.29. The molecule has 0 radical (unpaired) electrons. The first-order valence-electron chi connectivity index (χ1n) is 7.93. The van der Waals surface area contributed by atoms with Gasteiger partial charge in [-0.15, -0.1) is 10.2 Å². The summed E-state index contributed by atoms with van der Waals surface area (Å²) >= 11 is 0. The van der Waals surface area contributed by atoms with Gasteiger partial charge in [0.15, 0.2) is 5.76 Å². The summed E-state index contributed by atoms with van der Waals surface area (Å²) in [6.45, 7) is 3.64. The zero-order valence-corrected chi connectivity index (χ0v) is 12.8. The van der Waals surface area contributed by atoms with Gasteiger partial charge in [-0.05, 0) is 31.4 Å². The van der Waals surface area contributed by atoms with Crippen molar-refractivity contribution in [3.63, 3.8) is 0 Å². The number of hydrogen-bond donors (Lipinski definition) is 0. The standard InChI is InChI=1S/C16H21N3O3/c1-2-3-6-14(20)19-9-7-12(8-10-19)15-17-18-16(22-15)13-5-4-11-21-13/h4-5,11-12H,2-3,6-10H2,1H3. The van der Waals surface area contributed by atoms with Gasteiger partial charge < -0.3 is 13.7 Å². The van der Waals surface area contributed by atoms with E-state index in [0.717, 1.165) is 38.8 Å². The van der Waals surface area contributed by atoms with Crippen LogP contribution in [0.25, 0.3) is 11.7 Å². The largest absolute Gasteiger partial charge is 0.459 e. The fourth-order valence-electron chi connectivity index (χ4n) is 2.76. The van der Waals surface area contributed by atoms with E-state index in [-0.39, 0.29) is 11.8 Å². The maximum Gasteiger partial charge on any atom is 0.283 e. The number of carbonyl (C=O) groups is 1. The number of furan rings is 1. The van der Waals surface area contributed by atoms with E-state index < -0.39 is 0 Å². The molecule has 2 aromatic rings. The first-order valence-corrected chi connectivity index (χ1v) is 7.93. The Labute approximate surface area is 129 Å². The van der Waals surface area contributed by atoms with Crippen molar-refractivity contribution in [1.82, 2.24) is 15.1 Å². The molecule has 0 atom stereocenters. The van der Waals surface area contributed by atoms with Gasteiger partial charge in [-0.1, -0.05) is 13.3 Å². The molecule has 118 valence electrons. The highest BCUT2D eigenvalue weighted by Gasteiger charge is 2.27. The fourth-order valence-corrected chi connectivity index (χ4v) is 2.76. The number of hydrogen-bond acceptors (Lipinski definition) is 5. The number of unbranched alkanes of at least 4 members (excludes halogenated alkanes) is 1. The molecule has 1 saturated heterocycles. The molecule has 1 fully saturated rings. The SMILES string of the molecule is CCCCC(=O)N1CCC(c2nnc(-c3ccco3)o2)CC1. The van der Waals surface area contributed by atoms with Crippen molar-refractivity contribution in [3.8, 4) is 11.7 Å². The summed E-state index contributed by atoms with van der Waals surface area (Å²) in [5.74, 6) is 2.15. The van der Waals surface area contributed by atoms with Crippen LogP contribution in [0, 0.1) is 0 Å². The van der Waals surface area contributed by atoms with Crippen molar-refractivity contribution in [2.45, 2.75) is 44.9 Å². The number of piperidine rings is 1. The Kier molecular flexibility index (Phi) is 4.56. The molecule has 0 spiro atoms. The molecule has 1 amide bonds. The molecular weight excluding hydrogens is 282 g/mol. The van der Waals surface area contributed by atoms with Gasteiger partial charge in [0.2, 0.25) is 11.8 Å². The number of likely N-dealkylation sites (tertiary alicyclic amines) is 1. The normalized spacial score (nSPS) is 16.1. The van der Waals surface area contributed by atoms with Crippen LogP contribution >= 0.6 is 0 Å². The molecule has 0 saturated carbocycles. The van der Waals surface area contributed by atoms with E-state index in [0.29, 0.717) is 24.0 Å². The van der Waals surface area contributed by atoms with Crippen LogP contribution in [0.4, 0.5) is 0 Å². The molecule has 22 heavy (non-hydrogen) atoms. The maximum absolute atomic E-state index is 12.0. The molecule has 6 heteroatoms.